The highest BCUT2D eigenvalue weighted by Crippen LogP contribution is 2.40. The first-order chi connectivity index (χ1) is 8.78. The third kappa shape index (κ3) is 1.78. The molecule has 0 saturated carbocycles. The summed E-state index contributed by atoms with van der Waals surface area (Å²) in [6.07, 6.45) is 1.21. The molecular formula is C13H11FN2O2. The third-order valence-electron chi connectivity index (χ3n) is 2.75. The predicted octanol–water partition coefficient (Wildman–Crippen LogP) is 2.41. The minimum Gasteiger partial charge on any atom is -0.465 e. The Morgan fingerprint density at radius 2 is 2.17 bits per heavy atom. The Balaban J connectivity index is 2.14. The lowest BCUT2D eigenvalue weighted by Crippen LogP contribution is -2.18. The molecule has 1 atom stereocenters. The zero-order valence-corrected chi connectivity index (χ0v) is 9.47. The van der Waals surface area contributed by atoms with Gasteiger partial charge in [-0.2, -0.15) is 0 Å². The summed E-state index contributed by atoms with van der Waals surface area (Å²) in [5.41, 5.74) is 6.40. The van der Waals surface area contributed by atoms with Gasteiger partial charge in [0.15, 0.2) is 5.75 Å². The summed E-state index contributed by atoms with van der Waals surface area (Å²) in [6, 6.07) is 7.75. The maximum atomic E-state index is 13.3. The molecule has 2 heterocycles. The van der Waals surface area contributed by atoms with Gasteiger partial charge in [-0.3, -0.25) is 0 Å². The molecule has 0 saturated heterocycles. The van der Waals surface area contributed by atoms with Crippen LogP contribution in [0.4, 0.5) is 4.39 Å². The molecule has 0 fully saturated rings. The fourth-order valence-corrected chi connectivity index (χ4v) is 1.90. The van der Waals surface area contributed by atoms with E-state index in [0.717, 1.165) is 5.56 Å². The average molecular weight is 246 g/mol. The zero-order valence-electron chi connectivity index (χ0n) is 9.47. The van der Waals surface area contributed by atoms with E-state index in [-0.39, 0.29) is 12.4 Å². The zero-order chi connectivity index (χ0) is 12.5. The van der Waals surface area contributed by atoms with Crippen molar-refractivity contribution in [3.05, 3.63) is 47.9 Å². The van der Waals surface area contributed by atoms with E-state index in [9.17, 15) is 4.39 Å². The quantitative estimate of drug-likeness (QED) is 0.839. The number of ether oxygens (including phenoxy) is 2. The van der Waals surface area contributed by atoms with Gasteiger partial charge in [0.2, 0.25) is 0 Å². The third-order valence-corrected chi connectivity index (χ3v) is 2.75. The topological polar surface area (TPSA) is 57.4 Å². The second-order valence-corrected chi connectivity index (χ2v) is 3.93. The molecule has 18 heavy (non-hydrogen) atoms. The number of nitrogens with two attached hydrogens (primary N) is 1. The van der Waals surface area contributed by atoms with E-state index >= 15 is 0 Å². The molecule has 3 rings (SSSR count). The van der Waals surface area contributed by atoms with E-state index in [2.05, 4.69) is 4.98 Å². The lowest BCUT2D eigenvalue weighted by molar-refractivity contribution is 0.207. The Labute approximate surface area is 103 Å². The van der Waals surface area contributed by atoms with Crippen LogP contribution in [0.25, 0.3) is 0 Å². The predicted molar refractivity (Wildman–Crippen MR) is 63.1 cm³/mol. The van der Waals surface area contributed by atoms with Crippen LogP contribution in [-0.2, 0) is 0 Å². The highest BCUT2D eigenvalue weighted by atomic mass is 19.1. The summed E-state index contributed by atoms with van der Waals surface area (Å²) in [5.74, 6) is 0.874. The second-order valence-electron chi connectivity index (χ2n) is 3.93. The number of hydrogen-bond donors (Lipinski definition) is 1. The van der Waals surface area contributed by atoms with E-state index in [1.165, 1.54) is 12.1 Å². The van der Waals surface area contributed by atoms with Crippen LogP contribution < -0.4 is 15.2 Å². The van der Waals surface area contributed by atoms with Crippen molar-refractivity contribution in [3.63, 3.8) is 0 Å². The fourth-order valence-electron chi connectivity index (χ4n) is 1.90. The van der Waals surface area contributed by atoms with E-state index < -0.39 is 6.10 Å². The van der Waals surface area contributed by atoms with E-state index in [0.29, 0.717) is 17.4 Å². The Kier molecular flexibility index (Phi) is 2.60. The van der Waals surface area contributed by atoms with Crippen LogP contribution >= 0.6 is 0 Å². The van der Waals surface area contributed by atoms with Crippen LogP contribution in [0.5, 0.6) is 17.4 Å². The molecule has 92 valence electrons. The maximum Gasteiger partial charge on any atom is 0.258 e. The first-order valence-corrected chi connectivity index (χ1v) is 5.57. The van der Waals surface area contributed by atoms with Crippen LogP contribution in [0.3, 0.4) is 0 Å². The first-order valence-electron chi connectivity index (χ1n) is 5.57. The molecule has 0 radical (unpaired) electrons. The van der Waals surface area contributed by atoms with Crippen molar-refractivity contribution in [2.24, 2.45) is 5.73 Å². The van der Waals surface area contributed by atoms with Crippen molar-refractivity contribution >= 4 is 0 Å². The minimum atomic E-state index is -0.392. The lowest BCUT2D eigenvalue weighted by atomic mass is 10.1. The van der Waals surface area contributed by atoms with Gasteiger partial charge >= 0.3 is 0 Å². The van der Waals surface area contributed by atoms with Gasteiger partial charge in [-0.25, -0.2) is 9.37 Å². The van der Waals surface area contributed by atoms with Crippen molar-refractivity contribution in [2.75, 3.05) is 6.54 Å². The van der Waals surface area contributed by atoms with Crippen molar-refractivity contribution in [2.45, 2.75) is 6.10 Å². The summed E-state index contributed by atoms with van der Waals surface area (Å²) in [4.78, 5) is 4.09. The van der Waals surface area contributed by atoms with Gasteiger partial charge in [0.05, 0.1) is 0 Å². The van der Waals surface area contributed by atoms with Crippen LogP contribution in [-0.4, -0.2) is 11.5 Å². The van der Waals surface area contributed by atoms with Gasteiger partial charge in [-0.15, -0.1) is 0 Å². The molecule has 1 aromatic carbocycles. The van der Waals surface area contributed by atoms with Crippen LogP contribution in [0.1, 0.15) is 11.7 Å². The second kappa shape index (κ2) is 4.27. The SMILES string of the molecule is NC[C@H]1Oc2ncccc2Oc2cc(F)ccc21. The number of halogens is 1. The molecule has 0 bridgehead atoms. The van der Waals surface area contributed by atoms with Gasteiger partial charge in [-0.05, 0) is 24.3 Å². The maximum absolute atomic E-state index is 13.3. The van der Waals surface area contributed by atoms with Gasteiger partial charge in [0.25, 0.3) is 5.88 Å². The highest BCUT2D eigenvalue weighted by molar-refractivity contribution is 5.45. The average Bonchev–Trinajstić information content (AvgIpc) is 2.53. The fraction of sp³-hybridized carbons (Fsp3) is 0.154. The Morgan fingerprint density at radius 3 is 3.00 bits per heavy atom. The molecule has 2 aromatic rings. The molecule has 4 nitrogen and oxygen atoms in total. The monoisotopic (exact) mass is 246 g/mol. The number of pyridine rings is 1. The largest absolute Gasteiger partial charge is 0.465 e. The number of nitrogens with zero attached hydrogens (tertiary/aromatic N) is 1. The van der Waals surface area contributed by atoms with Crippen molar-refractivity contribution < 1.29 is 13.9 Å². The first kappa shape index (κ1) is 11.0. The summed E-state index contributed by atoms with van der Waals surface area (Å²) < 4.78 is 24.6. The molecule has 2 N–H and O–H groups in total. The van der Waals surface area contributed by atoms with Crippen molar-refractivity contribution in [1.29, 1.82) is 0 Å². The number of fused-ring (bicyclic) bond motifs is 2. The molecule has 1 aliphatic heterocycles. The van der Waals surface area contributed by atoms with Gasteiger partial charge in [-0.1, -0.05) is 0 Å². The molecule has 5 heteroatoms. The van der Waals surface area contributed by atoms with Crippen LogP contribution in [0, 0.1) is 5.82 Å². The van der Waals surface area contributed by atoms with Crippen molar-refractivity contribution in [1.82, 2.24) is 4.98 Å². The van der Waals surface area contributed by atoms with Crippen LogP contribution in [0.15, 0.2) is 36.5 Å². The van der Waals surface area contributed by atoms with Gasteiger partial charge < -0.3 is 15.2 Å². The van der Waals surface area contributed by atoms with E-state index in [4.69, 9.17) is 15.2 Å². The Bertz CT molecular complexity index is 589. The summed E-state index contributed by atoms with van der Waals surface area (Å²) in [6.45, 7) is 0.262. The van der Waals surface area contributed by atoms with Crippen molar-refractivity contribution in [3.8, 4) is 17.4 Å². The van der Waals surface area contributed by atoms with Gasteiger partial charge in [0.1, 0.15) is 17.7 Å². The Morgan fingerprint density at radius 1 is 1.28 bits per heavy atom. The normalized spacial score (nSPS) is 16.9. The minimum absolute atomic E-state index is 0.262. The summed E-state index contributed by atoms with van der Waals surface area (Å²) >= 11 is 0. The Hall–Kier alpha value is -2.14. The molecule has 0 unspecified atom stereocenters. The molecule has 0 spiro atoms. The molecule has 1 aliphatic rings. The standard InChI is InChI=1S/C13H11FN2O2/c14-8-3-4-9-11(6-8)17-10-2-1-5-16-13(10)18-12(9)7-15/h1-6,12H,7,15H2/t12-/m1/s1. The molecule has 0 amide bonds. The highest BCUT2D eigenvalue weighted by Gasteiger charge is 2.24. The number of rotatable bonds is 1. The van der Waals surface area contributed by atoms with E-state index in [1.54, 1.807) is 24.4 Å². The number of benzene rings is 1. The molecule has 0 aliphatic carbocycles. The number of aromatic nitrogens is 1. The van der Waals surface area contributed by atoms with E-state index in [1.807, 2.05) is 0 Å². The molecular weight excluding hydrogens is 235 g/mol. The van der Waals surface area contributed by atoms with Crippen LogP contribution in [0.2, 0.25) is 0 Å². The molecule has 1 aromatic heterocycles. The number of hydrogen-bond acceptors (Lipinski definition) is 4. The smallest absolute Gasteiger partial charge is 0.258 e. The summed E-state index contributed by atoms with van der Waals surface area (Å²) in [7, 11) is 0. The lowest BCUT2D eigenvalue weighted by Gasteiger charge is -2.14. The van der Waals surface area contributed by atoms with Gasteiger partial charge in [0, 0.05) is 24.4 Å². The summed E-state index contributed by atoms with van der Waals surface area (Å²) in [5, 5.41) is 0.